The lowest BCUT2D eigenvalue weighted by Crippen LogP contribution is -2.55. The van der Waals surface area contributed by atoms with E-state index < -0.39 is 91.5 Å². The highest BCUT2D eigenvalue weighted by Gasteiger charge is 2.60. The van der Waals surface area contributed by atoms with Gasteiger partial charge in [0, 0.05) is 22.2 Å². The van der Waals surface area contributed by atoms with Gasteiger partial charge in [-0.2, -0.15) is 0 Å². The molecule has 2 heterocycles. The van der Waals surface area contributed by atoms with Crippen LogP contribution in [0.25, 0.3) is 66.1 Å². The quantitative estimate of drug-likeness (QED) is 0.0709. The maximum atomic E-state index is 15.9. The number of rotatable bonds is 6. The van der Waals surface area contributed by atoms with Gasteiger partial charge in [0.15, 0.2) is 46.5 Å². The molecule has 4 atom stereocenters. The van der Waals surface area contributed by atoms with Crippen LogP contribution in [-0.4, -0.2) is 11.1 Å². The Labute approximate surface area is 444 Å². The van der Waals surface area contributed by atoms with Gasteiger partial charge in [0.1, 0.15) is 11.4 Å². The van der Waals surface area contributed by atoms with E-state index in [9.17, 15) is 8.78 Å². The third-order valence-electron chi connectivity index (χ3n) is 18.9. The van der Waals surface area contributed by atoms with Crippen LogP contribution in [0.3, 0.4) is 0 Å². The SMILES string of the molecule is CC12CCCCC1(C)N(c1c(F)c(F)c(F)c(F)c1F)c1ccc(-c3ccc4c(-c5ccccc5)c5cc(-c6ccc7c(c6)C6(C)CCCCC6(C)N7c6c(F)c(F)c(F)c(F)c6F)ccc5c(-c5ccccc5)c4c3)cc12. The zero-order valence-corrected chi connectivity index (χ0v) is 43.0. The lowest BCUT2D eigenvalue weighted by molar-refractivity contribution is 0.192. The first kappa shape index (κ1) is 49.9. The molecule has 2 saturated carbocycles. The van der Waals surface area contributed by atoms with E-state index in [2.05, 4.69) is 48.5 Å². The van der Waals surface area contributed by atoms with Gasteiger partial charge in [-0.15, -0.1) is 0 Å². The van der Waals surface area contributed by atoms with Crippen molar-refractivity contribution in [2.75, 3.05) is 9.80 Å². The van der Waals surface area contributed by atoms with Crippen molar-refractivity contribution in [1.82, 2.24) is 0 Å². The van der Waals surface area contributed by atoms with Crippen molar-refractivity contribution in [1.29, 1.82) is 0 Å². The second-order valence-electron chi connectivity index (χ2n) is 22.6. The molecule has 0 bridgehead atoms. The van der Waals surface area contributed by atoms with Gasteiger partial charge < -0.3 is 9.80 Å². The Morgan fingerprint density at radius 2 is 0.615 bits per heavy atom. The number of fused-ring (bicyclic) bond motifs is 8. The fourth-order valence-corrected chi connectivity index (χ4v) is 14.5. The molecule has 0 spiro atoms. The van der Waals surface area contributed by atoms with E-state index in [1.165, 1.54) is 9.80 Å². The molecule has 12 heteroatoms. The summed E-state index contributed by atoms with van der Waals surface area (Å²) in [5.74, 6) is -19.8. The average Bonchev–Trinajstić information content (AvgIpc) is 3.97. The first-order chi connectivity index (χ1) is 37.3. The summed E-state index contributed by atoms with van der Waals surface area (Å²) in [6, 6.07) is 43.8. The Kier molecular flexibility index (Phi) is 11.2. The molecule has 4 unspecified atom stereocenters. The summed E-state index contributed by atoms with van der Waals surface area (Å²) in [6.45, 7) is 7.75. The van der Waals surface area contributed by atoms with Crippen LogP contribution >= 0.6 is 0 Å². The Balaban J connectivity index is 1.00. The summed E-state index contributed by atoms with van der Waals surface area (Å²) in [5.41, 5.74) is 3.94. The lowest BCUT2D eigenvalue weighted by Gasteiger charge is -2.50. The molecule has 78 heavy (non-hydrogen) atoms. The van der Waals surface area contributed by atoms with Crippen molar-refractivity contribution < 1.29 is 43.9 Å². The maximum Gasteiger partial charge on any atom is 0.200 e. The minimum absolute atomic E-state index is 0.386. The Morgan fingerprint density at radius 1 is 0.308 bits per heavy atom. The van der Waals surface area contributed by atoms with Gasteiger partial charge in [-0.3, -0.25) is 0 Å². The summed E-state index contributed by atoms with van der Waals surface area (Å²) < 4.78 is 152. The van der Waals surface area contributed by atoms with Crippen molar-refractivity contribution in [3.8, 4) is 44.5 Å². The first-order valence-corrected chi connectivity index (χ1v) is 26.4. The van der Waals surface area contributed by atoms with Gasteiger partial charge in [0.2, 0.25) is 11.6 Å². The Hall–Kier alpha value is -7.60. The van der Waals surface area contributed by atoms with Crippen molar-refractivity contribution in [3.63, 3.8) is 0 Å². The molecule has 394 valence electrons. The largest absolute Gasteiger partial charge is 0.329 e. The zero-order valence-electron chi connectivity index (χ0n) is 43.0. The minimum atomic E-state index is -2.20. The van der Waals surface area contributed by atoms with Crippen LogP contribution < -0.4 is 9.80 Å². The molecule has 4 aliphatic rings. The fourth-order valence-electron chi connectivity index (χ4n) is 14.5. The lowest BCUT2D eigenvalue weighted by atomic mass is 9.61. The molecule has 2 fully saturated rings. The molecule has 0 amide bonds. The summed E-state index contributed by atoms with van der Waals surface area (Å²) in [5, 5.41) is 3.75. The van der Waals surface area contributed by atoms with Gasteiger partial charge in [0.05, 0.1) is 11.1 Å². The third-order valence-corrected chi connectivity index (χ3v) is 18.9. The summed E-state index contributed by atoms with van der Waals surface area (Å²) in [7, 11) is 0. The predicted octanol–water partition coefficient (Wildman–Crippen LogP) is 19.5. The molecule has 2 aliphatic carbocycles. The van der Waals surface area contributed by atoms with Crippen molar-refractivity contribution >= 4 is 44.3 Å². The molecular formula is C66H50F10N2. The number of hydrogen-bond acceptors (Lipinski definition) is 2. The van der Waals surface area contributed by atoms with Crippen LogP contribution in [0.2, 0.25) is 0 Å². The number of halogens is 10. The molecule has 0 saturated heterocycles. The molecule has 0 N–H and O–H groups in total. The highest BCUT2D eigenvalue weighted by Crippen LogP contribution is 2.64. The van der Waals surface area contributed by atoms with E-state index in [-0.39, 0.29) is 0 Å². The van der Waals surface area contributed by atoms with Crippen LogP contribution in [0.4, 0.5) is 66.7 Å². The molecule has 13 rings (SSSR count). The highest BCUT2D eigenvalue weighted by molar-refractivity contribution is 6.22. The van der Waals surface area contributed by atoms with E-state index in [0.717, 1.165) is 90.0 Å². The molecule has 2 nitrogen and oxygen atoms in total. The summed E-state index contributed by atoms with van der Waals surface area (Å²) >= 11 is 0. The highest BCUT2D eigenvalue weighted by atomic mass is 19.2. The molecule has 0 radical (unpaired) electrons. The van der Waals surface area contributed by atoms with Crippen LogP contribution in [-0.2, 0) is 10.8 Å². The first-order valence-electron chi connectivity index (χ1n) is 26.4. The van der Waals surface area contributed by atoms with Gasteiger partial charge in [-0.05, 0) is 153 Å². The monoisotopic (exact) mass is 1060 g/mol. The number of benzene rings is 9. The third kappa shape index (κ3) is 6.64. The fraction of sp³-hybridized carbons (Fsp3) is 0.242. The standard InChI is InChI=1S/C66H50F10N2/c1-63-27-11-13-29-65(63,3)77(61-57(73)53(69)51(67)54(70)58(61)74)47-25-21-39(33-45(47)63)37-19-23-41-43(31-37)49(35-15-7-5-8-16-35)42-24-20-38(32-44(42)50(41)36-17-9-6-10-18-36)40-22-26-48-46(34-40)64(2)28-12-14-30-66(64,4)78(48)62-59(75)55(71)52(68)56(72)60(62)76/h5-10,15-26,31-34H,11-14,27-30H2,1-4H3. The minimum Gasteiger partial charge on any atom is -0.329 e. The smallest absolute Gasteiger partial charge is 0.200 e. The number of nitrogens with zero attached hydrogens (tertiary/aromatic N) is 2. The topological polar surface area (TPSA) is 6.48 Å². The van der Waals surface area contributed by atoms with E-state index >= 15 is 35.1 Å². The second-order valence-corrected chi connectivity index (χ2v) is 22.6. The molecule has 9 aromatic carbocycles. The van der Waals surface area contributed by atoms with Gasteiger partial charge >= 0.3 is 0 Å². The van der Waals surface area contributed by atoms with Crippen molar-refractivity contribution in [2.45, 2.75) is 101 Å². The Morgan fingerprint density at radius 3 is 0.974 bits per heavy atom. The Bertz CT molecular complexity index is 3710. The predicted molar refractivity (Wildman–Crippen MR) is 288 cm³/mol. The van der Waals surface area contributed by atoms with Crippen molar-refractivity contribution in [3.05, 3.63) is 203 Å². The van der Waals surface area contributed by atoms with Crippen LogP contribution in [0.15, 0.2) is 133 Å². The van der Waals surface area contributed by atoms with Crippen LogP contribution in [0.5, 0.6) is 0 Å². The molecule has 2 aliphatic heterocycles. The van der Waals surface area contributed by atoms with Gasteiger partial charge in [0.25, 0.3) is 0 Å². The zero-order chi connectivity index (χ0) is 54.5. The van der Waals surface area contributed by atoms with E-state index in [1.807, 2.05) is 100 Å². The summed E-state index contributed by atoms with van der Waals surface area (Å²) in [4.78, 5) is 2.71. The van der Waals surface area contributed by atoms with Crippen LogP contribution in [0.1, 0.15) is 90.2 Å². The summed E-state index contributed by atoms with van der Waals surface area (Å²) in [6.07, 6.45) is 5.17. The maximum absolute atomic E-state index is 15.9. The molecule has 9 aromatic rings. The van der Waals surface area contributed by atoms with Crippen LogP contribution in [0, 0.1) is 58.2 Å². The normalized spacial score (nSPS) is 22.5. The van der Waals surface area contributed by atoms with Crippen molar-refractivity contribution in [2.24, 2.45) is 0 Å². The average molecular weight is 1060 g/mol. The van der Waals surface area contributed by atoms with E-state index in [4.69, 9.17) is 0 Å². The van der Waals surface area contributed by atoms with E-state index in [1.54, 1.807) is 12.1 Å². The molecular weight excluding hydrogens is 1010 g/mol. The van der Waals surface area contributed by atoms with Gasteiger partial charge in [-0.25, -0.2) is 43.9 Å². The second kappa shape index (κ2) is 17.5. The molecule has 0 aromatic heterocycles. The van der Waals surface area contributed by atoms with E-state index in [0.29, 0.717) is 49.9 Å². The number of anilines is 4. The number of hydrogen-bond donors (Lipinski definition) is 0. The van der Waals surface area contributed by atoms with Gasteiger partial charge in [-0.1, -0.05) is 137 Å².